The standard InChI is InChI=1S/3C9H13O3P.Al/c3*1-2-12-13(10,11)8-9-6-4-3-5-7-9;/h3*3-7H,2,8H2,1H3,(H,10,11);/q;;;+3/p-3. The minimum Gasteiger partial charge on any atom is -0.778 e. The molecule has 0 aliphatic heterocycles. The average Bonchev–Trinajstić information content (AvgIpc) is 2.86. The molecule has 40 heavy (non-hydrogen) atoms. The van der Waals surface area contributed by atoms with Crippen molar-refractivity contribution in [1.29, 1.82) is 0 Å². The number of benzene rings is 3. The molecule has 3 atom stereocenters. The summed E-state index contributed by atoms with van der Waals surface area (Å²) in [6.45, 7) is 5.59. The predicted molar refractivity (Wildman–Crippen MR) is 154 cm³/mol. The zero-order valence-electron chi connectivity index (χ0n) is 23.0. The molecule has 0 aromatic heterocycles. The van der Waals surface area contributed by atoms with Crippen LogP contribution in [-0.2, 0) is 45.8 Å². The van der Waals surface area contributed by atoms with E-state index in [0.29, 0.717) is 0 Å². The van der Waals surface area contributed by atoms with Gasteiger partial charge in [0.1, 0.15) is 22.8 Å². The van der Waals surface area contributed by atoms with Crippen molar-refractivity contribution in [2.45, 2.75) is 39.3 Å². The van der Waals surface area contributed by atoms with Crippen LogP contribution in [0, 0.1) is 0 Å². The van der Waals surface area contributed by atoms with Crippen molar-refractivity contribution < 1.29 is 41.9 Å². The van der Waals surface area contributed by atoms with Crippen molar-refractivity contribution in [1.82, 2.24) is 0 Å². The van der Waals surface area contributed by atoms with E-state index in [9.17, 15) is 28.4 Å². The Morgan fingerprint density at radius 3 is 0.850 bits per heavy atom. The van der Waals surface area contributed by atoms with E-state index in [1.807, 2.05) is 18.2 Å². The molecule has 0 amide bonds. The van der Waals surface area contributed by atoms with Crippen LogP contribution in [-0.4, -0.2) is 37.2 Å². The molecule has 3 aromatic carbocycles. The second kappa shape index (κ2) is 20.5. The zero-order chi connectivity index (χ0) is 29.2. The monoisotopic (exact) mass is 624 g/mol. The van der Waals surface area contributed by atoms with E-state index >= 15 is 0 Å². The Kier molecular flexibility index (Phi) is 19.8. The Bertz CT molecular complexity index is 1050. The quantitative estimate of drug-likeness (QED) is 0.202. The van der Waals surface area contributed by atoms with Crippen LogP contribution in [0.1, 0.15) is 37.5 Å². The van der Waals surface area contributed by atoms with Gasteiger partial charge in [-0.15, -0.1) is 0 Å². The van der Waals surface area contributed by atoms with E-state index in [2.05, 4.69) is 13.6 Å². The first-order chi connectivity index (χ1) is 18.4. The van der Waals surface area contributed by atoms with Crippen LogP contribution in [0.3, 0.4) is 0 Å². The van der Waals surface area contributed by atoms with Crippen LogP contribution in [0.2, 0.25) is 0 Å². The van der Waals surface area contributed by atoms with Gasteiger partial charge in [-0.3, -0.25) is 0 Å². The van der Waals surface area contributed by atoms with E-state index in [0.717, 1.165) is 16.7 Å². The van der Waals surface area contributed by atoms with E-state index in [1.54, 1.807) is 93.6 Å². The maximum absolute atomic E-state index is 11.2. The fourth-order valence-electron chi connectivity index (χ4n) is 3.15. The summed E-state index contributed by atoms with van der Waals surface area (Å²) in [5.41, 5.74) is 2.28. The van der Waals surface area contributed by atoms with Crippen LogP contribution in [0.5, 0.6) is 0 Å². The van der Waals surface area contributed by atoms with Gasteiger partial charge in [-0.2, -0.15) is 0 Å². The van der Waals surface area contributed by atoms with Crippen molar-refractivity contribution in [2.75, 3.05) is 19.8 Å². The van der Waals surface area contributed by atoms with E-state index < -0.39 is 22.8 Å². The fraction of sp³-hybridized carbons (Fsp3) is 0.333. The molecule has 0 spiro atoms. The molecule has 0 radical (unpaired) electrons. The van der Waals surface area contributed by atoms with E-state index in [4.69, 9.17) is 0 Å². The smallest absolute Gasteiger partial charge is 0.778 e. The molecule has 3 unspecified atom stereocenters. The molecule has 0 fully saturated rings. The molecule has 9 nitrogen and oxygen atoms in total. The van der Waals surface area contributed by atoms with Crippen LogP contribution in [0.4, 0.5) is 0 Å². The Labute approximate surface area is 248 Å². The van der Waals surface area contributed by atoms with Crippen LogP contribution in [0.25, 0.3) is 0 Å². The van der Waals surface area contributed by atoms with Gasteiger partial charge in [-0.25, -0.2) is 0 Å². The molecule has 0 bridgehead atoms. The van der Waals surface area contributed by atoms with Gasteiger partial charge < -0.3 is 41.9 Å². The van der Waals surface area contributed by atoms with Crippen LogP contribution >= 0.6 is 22.8 Å². The van der Waals surface area contributed by atoms with E-state index in [-0.39, 0.29) is 55.7 Å². The van der Waals surface area contributed by atoms with Gasteiger partial charge in [0.05, 0.1) is 19.8 Å². The molecular formula is C27H36AlO9P3. The van der Waals surface area contributed by atoms with Crippen molar-refractivity contribution in [2.24, 2.45) is 0 Å². The molecule has 0 saturated carbocycles. The van der Waals surface area contributed by atoms with Gasteiger partial charge in [0.2, 0.25) is 0 Å². The average molecular weight is 624 g/mol. The Morgan fingerprint density at radius 2 is 0.675 bits per heavy atom. The Hall–Kier alpha value is -1.36. The van der Waals surface area contributed by atoms with Crippen molar-refractivity contribution in [3.05, 3.63) is 108 Å². The second-order valence-electron chi connectivity index (χ2n) is 8.02. The van der Waals surface area contributed by atoms with Gasteiger partial charge in [0, 0.05) is 18.5 Å². The molecule has 13 heteroatoms. The Morgan fingerprint density at radius 1 is 0.475 bits per heavy atom. The van der Waals surface area contributed by atoms with Gasteiger partial charge in [-0.05, 0) is 37.5 Å². The maximum Gasteiger partial charge on any atom is 3.00 e. The summed E-state index contributed by atoms with van der Waals surface area (Å²) in [7, 11) is -11.0. The van der Waals surface area contributed by atoms with E-state index in [1.165, 1.54) is 0 Å². The van der Waals surface area contributed by atoms with Crippen LogP contribution in [0.15, 0.2) is 91.0 Å². The zero-order valence-corrected chi connectivity index (χ0v) is 26.8. The summed E-state index contributed by atoms with van der Waals surface area (Å²) in [6.07, 6.45) is -0.0783. The first-order valence-electron chi connectivity index (χ1n) is 12.4. The molecule has 3 rings (SSSR count). The molecule has 0 aliphatic carbocycles. The summed E-state index contributed by atoms with van der Waals surface area (Å²) in [5.74, 6) is 0. The molecular weight excluding hydrogens is 588 g/mol. The fourth-order valence-corrected chi connectivity index (χ4v) is 6.58. The minimum absolute atomic E-state index is 0. The SMILES string of the molecule is CCOP(=O)([O-])Cc1ccccc1.CCOP(=O)([O-])Cc1ccccc1.CCOP(=O)([O-])Cc1ccccc1.[Al+3]. The Balaban J connectivity index is 0.000000563. The van der Waals surface area contributed by atoms with Gasteiger partial charge in [0.15, 0.2) is 0 Å². The molecule has 0 saturated heterocycles. The summed E-state index contributed by atoms with van der Waals surface area (Å²) in [4.78, 5) is 33.6. The van der Waals surface area contributed by atoms with Gasteiger partial charge >= 0.3 is 17.4 Å². The molecule has 0 aliphatic rings. The third kappa shape index (κ3) is 18.9. The third-order valence-electron chi connectivity index (χ3n) is 4.63. The van der Waals surface area contributed by atoms with Crippen molar-refractivity contribution in [3.8, 4) is 0 Å². The molecule has 0 N–H and O–H groups in total. The summed E-state index contributed by atoms with van der Waals surface area (Å²) in [5, 5.41) is 0. The maximum atomic E-state index is 11.2. The molecule has 3 aromatic rings. The second-order valence-corrected chi connectivity index (χ2v) is 13.4. The predicted octanol–water partition coefficient (Wildman–Crippen LogP) is 4.95. The number of rotatable bonds is 12. The first kappa shape index (κ1) is 38.6. The largest absolute Gasteiger partial charge is 3.00 e. The topological polar surface area (TPSA) is 148 Å². The van der Waals surface area contributed by atoms with Crippen molar-refractivity contribution in [3.63, 3.8) is 0 Å². The minimum atomic E-state index is -3.66. The third-order valence-corrected chi connectivity index (χ3v) is 8.85. The summed E-state index contributed by atoms with van der Waals surface area (Å²) >= 11 is 0. The normalized spacial score (nSPS) is 14.8. The summed E-state index contributed by atoms with van der Waals surface area (Å²) < 4.78 is 47.5. The molecule has 0 heterocycles. The summed E-state index contributed by atoms with van der Waals surface area (Å²) in [6, 6.07) is 27.0. The van der Waals surface area contributed by atoms with Gasteiger partial charge in [0.25, 0.3) is 0 Å². The number of hydrogen-bond acceptors (Lipinski definition) is 9. The van der Waals surface area contributed by atoms with Gasteiger partial charge in [-0.1, -0.05) is 91.0 Å². The molecule has 216 valence electrons. The van der Waals surface area contributed by atoms with Crippen LogP contribution < -0.4 is 14.7 Å². The van der Waals surface area contributed by atoms with Crippen molar-refractivity contribution >= 4 is 40.1 Å². The number of hydrogen-bond donors (Lipinski definition) is 0. The first-order valence-corrected chi connectivity index (χ1v) is 17.6.